The van der Waals surface area contributed by atoms with Crippen LogP contribution in [0.4, 0.5) is 0 Å². The summed E-state index contributed by atoms with van der Waals surface area (Å²) in [5, 5.41) is 9.71. The van der Waals surface area contributed by atoms with Crippen molar-refractivity contribution in [2.45, 2.75) is 0 Å². The van der Waals surface area contributed by atoms with Gasteiger partial charge in [0.25, 0.3) is 0 Å². The summed E-state index contributed by atoms with van der Waals surface area (Å²) in [6.45, 7) is 0. The van der Waals surface area contributed by atoms with Crippen LogP contribution >= 0.6 is 0 Å². The lowest BCUT2D eigenvalue weighted by Gasteiger charge is -2.12. The number of hydrogen-bond donors (Lipinski definition) is 0. The molecule has 0 radical (unpaired) electrons. The van der Waals surface area contributed by atoms with Crippen LogP contribution in [0, 0.1) is 0 Å². The monoisotopic (exact) mass is 560 g/mol. The molecule has 0 atom stereocenters. The molecule has 0 aliphatic heterocycles. The predicted octanol–water partition coefficient (Wildman–Crippen LogP) is 10.0. The Kier molecular flexibility index (Phi) is 5.47. The molecule has 9 rings (SSSR count). The third-order valence-corrected chi connectivity index (χ3v) is 8.60. The van der Waals surface area contributed by atoms with Crippen molar-refractivity contribution in [1.82, 2.24) is 19.9 Å². The zero-order chi connectivity index (χ0) is 29.0. The molecule has 6 aromatic carbocycles. The minimum absolute atomic E-state index is 0.833. The summed E-state index contributed by atoms with van der Waals surface area (Å²) in [7, 11) is 0. The molecule has 0 aliphatic rings. The van der Waals surface area contributed by atoms with E-state index >= 15 is 0 Å². The van der Waals surface area contributed by atoms with Gasteiger partial charge in [0.15, 0.2) is 0 Å². The maximum Gasteiger partial charge on any atom is 0.0972 e. The second-order valence-corrected chi connectivity index (χ2v) is 11.1. The average Bonchev–Trinajstić information content (AvgIpc) is 3.11. The Morgan fingerprint density at radius 2 is 0.864 bits per heavy atom. The summed E-state index contributed by atoms with van der Waals surface area (Å²) in [6, 6.07) is 44.6. The summed E-state index contributed by atoms with van der Waals surface area (Å²) in [5.41, 5.74) is 7.55. The van der Waals surface area contributed by atoms with Crippen molar-refractivity contribution in [1.29, 1.82) is 0 Å². The molecule has 0 aliphatic carbocycles. The first-order valence-corrected chi connectivity index (χ1v) is 14.7. The highest BCUT2D eigenvalue weighted by Gasteiger charge is 2.11. The summed E-state index contributed by atoms with van der Waals surface area (Å²) < 4.78 is 0. The minimum atomic E-state index is 0.833. The number of benzene rings is 6. The molecule has 0 N–H and O–H groups in total. The first-order valence-electron chi connectivity index (χ1n) is 14.7. The van der Waals surface area contributed by atoms with Gasteiger partial charge >= 0.3 is 0 Å². The van der Waals surface area contributed by atoms with Gasteiger partial charge in [0.2, 0.25) is 0 Å². The van der Waals surface area contributed by atoms with Crippen LogP contribution in [0.3, 0.4) is 0 Å². The molecule has 0 fully saturated rings. The first-order chi connectivity index (χ1) is 21.8. The van der Waals surface area contributed by atoms with Gasteiger partial charge in [-0.05, 0) is 50.5 Å². The van der Waals surface area contributed by atoms with E-state index in [4.69, 9.17) is 15.0 Å². The second-order valence-electron chi connectivity index (χ2n) is 11.1. The van der Waals surface area contributed by atoms with E-state index in [1.54, 1.807) is 0 Å². The number of rotatable bonds is 3. The van der Waals surface area contributed by atoms with Gasteiger partial charge in [-0.25, -0.2) is 4.98 Å². The number of aromatic nitrogens is 4. The molecular weight excluding hydrogens is 536 g/mol. The van der Waals surface area contributed by atoms with Gasteiger partial charge in [0.1, 0.15) is 0 Å². The van der Waals surface area contributed by atoms with Gasteiger partial charge in [0, 0.05) is 33.7 Å². The van der Waals surface area contributed by atoms with Crippen molar-refractivity contribution in [2.24, 2.45) is 0 Å². The minimum Gasteiger partial charge on any atom is -0.254 e. The standard InChI is InChI=1S/C40H24N4/c1-2-9-32-30(7-1)31-8-3-4-10-33(31)35-22-29(17-19-34(32)35)38-24-42-37(23-43-38)26-13-11-25(12-14-26)36-20-18-28-16-15-27-6-5-21-41-39(27)40(28)44-36/h1-24H. The smallest absolute Gasteiger partial charge is 0.0972 e. The van der Waals surface area contributed by atoms with Gasteiger partial charge < -0.3 is 0 Å². The number of nitrogens with zero attached hydrogens (tertiary/aromatic N) is 4. The molecular formula is C40H24N4. The van der Waals surface area contributed by atoms with Gasteiger partial charge in [-0.3, -0.25) is 15.0 Å². The van der Waals surface area contributed by atoms with E-state index in [0.29, 0.717) is 0 Å². The normalized spacial score (nSPS) is 11.6. The van der Waals surface area contributed by atoms with E-state index in [9.17, 15) is 0 Å². The van der Waals surface area contributed by atoms with Crippen molar-refractivity contribution in [2.75, 3.05) is 0 Å². The molecule has 4 heteroatoms. The van der Waals surface area contributed by atoms with Crippen LogP contribution in [0.5, 0.6) is 0 Å². The molecule has 0 unspecified atom stereocenters. The Morgan fingerprint density at radius 1 is 0.341 bits per heavy atom. The Labute approximate surface area is 253 Å². The first kappa shape index (κ1) is 24.6. The highest BCUT2D eigenvalue weighted by atomic mass is 14.8. The maximum absolute atomic E-state index is 4.99. The maximum atomic E-state index is 4.99. The van der Waals surface area contributed by atoms with Crippen molar-refractivity contribution in [3.05, 3.63) is 146 Å². The molecule has 0 saturated carbocycles. The lowest BCUT2D eigenvalue weighted by Crippen LogP contribution is -1.91. The van der Waals surface area contributed by atoms with Crippen molar-refractivity contribution < 1.29 is 0 Å². The molecule has 204 valence electrons. The van der Waals surface area contributed by atoms with E-state index < -0.39 is 0 Å². The van der Waals surface area contributed by atoms with Crippen molar-refractivity contribution >= 4 is 54.1 Å². The van der Waals surface area contributed by atoms with Gasteiger partial charge in [-0.15, -0.1) is 0 Å². The van der Waals surface area contributed by atoms with E-state index in [1.807, 2.05) is 24.7 Å². The van der Waals surface area contributed by atoms with Crippen LogP contribution in [0.1, 0.15) is 0 Å². The quantitative estimate of drug-likeness (QED) is 0.202. The molecule has 3 aromatic heterocycles. The Hall–Kier alpha value is -6.00. The largest absolute Gasteiger partial charge is 0.254 e. The Bertz CT molecular complexity index is 2500. The van der Waals surface area contributed by atoms with E-state index in [2.05, 4.69) is 126 Å². The van der Waals surface area contributed by atoms with Crippen LogP contribution in [0.2, 0.25) is 0 Å². The van der Waals surface area contributed by atoms with Crippen molar-refractivity contribution in [3.8, 4) is 33.8 Å². The Morgan fingerprint density at radius 3 is 1.52 bits per heavy atom. The van der Waals surface area contributed by atoms with Crippen LogP contribution in [0.15, 0.2) is 146 Å². The fourth-order valence-corrected chi connectivity index (χ4v) is 6.39. The Balaban J connectivity index is 1.05. The molecule has 0 spiro atoms. The third kappa shape index (κ3) is 3.92. The number of hydrogen-bond acceptors (Lipinski definition) is 4. The summed E-state index contributed by atoms with van der Waals surface area (Å²) in [5.74, 6) is 0. The van der Waals surface area contributed by atoms with Crippen LogP contribution < -0.4 is 0 Å². The van der Waals surface area contributed by atoms with Gasteiger partial charge in [-0.1, -0.05) is 109 Å². The topological polar surface area (TPSA) is 51.6 Å². The van der Waals surface area contributed by atoms with E-state index in [-0.39, 0.29) is 0 Å². The highest BCUT2D eigenvalue weighted by Crippen LogP contribution is 2.37. The molecule has 9 aromatic rings. The second kappa shape index (κ2) is 9.79. The summed E-state index contributed by atoms with van der Waals surface area (Å²) >= 11 is 0. The lowest BCUT2D eigenvalue weighted by molar-refractivity contribution is 1.21. The van der Waals surface area contributed by atoms with Crippen LogP contribution in [0.25, 0.3) is 87.9 Å². The summed E-state index contributed by atoms with van der Waals surface area (Å²) in [6.07, 6.45) is 5.55. The number of fused-ring (bicyclic) bond motifs is 9. The fraction of sp³-hybridized carbons (Fsp3) is 0. The molecule has 4 nitrogen and oxygen atoms in total. The fourth-order valence-electron chi connectivity index (χ4n) is 6.39. The van der Waals surface area contributed by atoms with E-state index in [0.717, 1.165) is 55.6 Å². The van der Waals surface area contributed by atoms with Gasteiger partial charge in [0.05, 0.1) is 40.5 Å². The van der Waals surface area contributed by atoms with E-state index in [1.165, 1.54) is 32.3 Å². The highest BCUT2D eigenvalue weighted by molar-refractivity contribution is 6.25. The molecule has 0 amide bonds. The summed E-state index contributed by atoms with van der Waals surface area (Å²) in [4.78, 5) is 19.2. The average molecular weight is 561 g/mol. The molecule has 0 bridgehead atoms. The van der Waals surface area contributed by atoms with Gasteiger partial charge in [-0.2, -0.15) is 0 Å². The van der Waals surface area contributed by atoms with Crippen LogP contribution in [-0.4, -0.2) is 19.9 Å². The predicted molar refractivity (Wildman–Crippen MR) is 181 cm³/mol. The SMILES string of the molecule is c1cnc2c(c1)ccc1ccc(-c3ccc(-c4cnc(-c5ccc6c7ccccc7c7ccccc7c6c5)cn4)cc3)nc12. The number of pyridine rings is 2. The zero-order valence-electron chi connectivity index (χ0n) is 23.6. The molecule has 3 heterocycles. The lowest BCUT2D eigenvalue weighted by atomic mass is 9.93. The zero-order valence-corrected chi connectivity index (χ0v) is 23.6. The molecule has 0 saturated heterocycles. The third-order valence-electron chi connectivity index (χ3n) is 8.60. The van der Waals surface area contributed by atoms with Crippen LogP contribution in [-0.2, 0) is 0 Å². The van der Waals surface area contributed by atoms with Crippen molar-refractivity contribution in [3.63, 3.8) is 0 Å². The molecule has 44 heavy (non-hydrogen) atoms.